The lowest BCUT2D eigenvalue weighted by atomic mass is 9.90. The van der Waals surface area contributed by atoms with E-state index in [-0.39, 0.29) is 0 Å². The summed E-state index contributed by atoms with van der Waals surface area (Å²) >= 11 is 0. The molecule has 0 N–H and O–H groups in total. The molecule has 0 spiro atoms. The van der Waals surface area contributed by atoms with Crippen molar-refractivity contribution in [1.82, 2.24) is 0 Å². The molecule has 0 unspecified atom stereocenters. The molecule has 1 fully saturated rings. The van der Waals surface area contributed by atoms with E-state index in [0.29, 0.717) is 0 Å². The first-order chi connectivity index (χ1) is 5.46. The highest BCUT2D eigenvalue weighted by molar-refractivity contribution is 4.99. The fourth-order valence-corrected chi connectivity index (χ4v) is 1.05. The number of hydrogen-bond donors (Lipinski definition) is 0. The predicted octanol–water partition coefficient (Wildman–Crippen LogP) is 2.03. The van der Waals surface area contributed by atoms with Crippen LogP contribution in [0.2, 0.25) is 0 Å². The maximum atomic E-state index is 12.2. The molecular weight excluding hydrogens is 186 g/mol. The maximum absolute atomic E-state index is 12.2. The van der Waals surface area contributed by atoms with Crippen molar-refractivity contribution in [2.75, 3.05) is 0 Å². The molecule has 0 saturated heterocycles. The summed E-state index contributed by atoms with van der Waals surface area (Å²) in [6, 6.07) is 0. The van der Waals surface area contributed by atoms with Gasteiger partial charge in [0.05, 0.1) is 0 Å². The van der Waals surface area contributed by atoms with E-state index in [2.05, 4.69) is 0 Å². The van der Waals surface area contributed by atoms with Gasteiger partial charge in [-0.3, -0.25) is 0 Å². The molecule has 0 nitrogen and oxygen atoms in total. The van der Waals surface area contributed by atoms with Crippen LogP contribution < -0.4 is 0 Å². The zero-order chi connectivity index (χ0) is 9.46. The summed E-state index contributed by atoms with van der Waals surface area (Å²) in [6.45, 7) is 0. The Morgan fingerprint density at radius 1 is 0.333 bits per heavy atom. The molecule has 1 saturated carbocycles. The van der Waals surface area contributed by atoms with Gasteiger partial charge < -0.3 is 0 Å². The van der Waals surface area contributed by atoms with Crippen molar-refractivity contribution in [1.29, 1.82) is 0 Å². The van der Waals surface area contributed by atoms with Crippen LogP contribution in [0.3, 0.4) is 0 Å². The highest BCUT2D eigenvalue weighted by atomic mass is 19.2. The Hall–Kier alpha value is -0.420. The van der Waals surface area contributed by atoms with Gasteiger partial charge in [-0.05, 0) is 0 Å². The second-order valence-corrected chi connectivity index (χ2v) is 2.67. The first kappa shape index (κ1) is 9.67. The summed E-state index contributed by atoms with van der Waals surface area (Å²) in [6.07, 6.45) is -17.5. The molecule has 1 aliphatic rings. The van der Waals surface area contributed by atoms with Crippen LogP contribution >= 0.6 is 0 Å². The van der Waals surface area contributed by atoms with Gasteiger partial charge in [0.25, 0.3) is 0 Å². The van der Waals surface area contributed by atoms with Crippen molar-refractivity contribution in [3.63, 3.8) is 0 Å². The van der Waals surface area contributed by atoms with Gasteiger partial charge >= 0.3 is 0 Å². The molecule has 0 aromatic heterocycles. The fourth-order valence-electron chi connectivity index (χ4n) is 1.05. The predicted molar refractivity (Wildman–Crippen MR) is 29.4 cm³/mol. The van der Waals surface area contributed by atoms with Crippen molar-refractivity contribution < 1.29 is 26.3 Å². The Kier molecular flexibility index (Phi) is 2.53. The van der Waals surface area contributed by atoms with Crippen molar-refractivity contribution in [2.45, 2.75) is 37.0 Å². The molecule has 1 rings (SSSR count). The van der Waals surface area contributed by atoms with Gasteiger partial charge in [0.15, 0.2) is 37.0 Å². The quantitative estimate of drug-likeness (QED) is 0.515. The normalized spacial score (nSPS) is 55.5. The lowest BCUT2D eigenvalue weighted by Gasteiger charge is -2.31. The third-order valence-electron chi connectivity index (χ3n) is 1.83. The standard InChI is InChI=1S/C6H6F6/c7-1-2(8)4(10)6(12)5(11)3(1)9/h1-6H/t1-,2+,3?,4?,5-,6+. The third-order valence-corrected chi connectivity index (χ3v) is 1.83. The minimum Gasteiger partial charge on any atom is -0.241 e. The highest BCUT2D eigenvalue weighted by Gasteiger charge is 2.54. The van der Waals surface area contributed by atoms with Gasteiger partial charge in [0, 0.05) is 0 Å². The van der Waals surface area contributed by atoms with Crippen molar-refractivity contribution >= 4 is 0 Å². The molecule has 0 bridgehead atoms. The lowest BCUT2D eigenvalue weighted by Crippen LogP contribution is -2.54. The van der Waals surface area contributed by atoms with Crippen molar-refractivity contribution in [3.8, 4) is 0 Å². The Morgan fingerprint density at radius 2 is 0.417 bits per heavy atom. The summed E-state index contributed by atoms with van der Waals surface area (Å²) in [5.41, 5.74) is 0. The largest absolute Gasteiger partial charge is 0.241 e. The van der Waals surface area contributed by atoms with E-state index >= 15 is 0 Å². The third kappa shape index (κ3) is 1.27. The van der Waals surface area contributed by atoms with E-state index in [9.17, 15) is 26.3 Å². The molecule has 0 aliphatic heterocycles. The van der Waals surface area contributed by atoms with E-state index in [4.69, 9.17) is 0 Å². The summed E-state index contributed by atoms with van der Waals surface area (Å²) in [4.78, 5) is 0. The molecule has 0 radical (unpaired) electrons. The number of halogens is 6. The summed E-state index contributed by atoms with van der Waals surface area (Å²) in [7, 11) is 0. The first-order valence-corrected chi connectivity index (χ1v) is 3.31. The summed E-state index contributed by atoms with van der Waals surface area (Å²) < 4.78 is 73.5. The second-order valence-electron chi connectivity index (χ2n) is 2.67. The van der Waals surface area contributed by atoms with Crippen LogP contribution in [-0.4, -0.2) is 37.0 Å². The fraction of sp³-hybridized carbons (Fsp3) is 1.00. The molecule has 72 valence electrons. The Balaban J connectivity index is 2.76. The minimum atomic E-state index is -2.91. The average molecular weight is 192 g/mol. The smallest absolute Gasteiger partial charge is 0.168 e. The molecular formula is C6H6F6. The van der Waals surface area contributed by atoms with Gasteiger partial charge in [-0.25, -0.2) is 26.3 Å². The Morgan fingerprint density at radius 3 is 0.500 bits per heavy atom. The number of alkyl halides is 6. The molecule has 1 aliphatic carbocycles. The van der Waals surface area contributed by atoms with Gasteiger partial charge in [-0.1, -0.05) is 0 Å². The first-order valence-electron chi connectivity index (χ1n) is 3.31. The van der Waals surface area contributed by atoms with E-state index in [1.807, 2.05) is 0 Å². The molecule has 12 heavy (non-hydrogen) atoms. The van der Waals surface area contributed by atoms with Crippen LogP contribution in [0, 0.1) is 0 Å². The van der Waals surface area contributed by atoms with E-state index < -0.39 is 37.0 Å². The molecule has 0 aromatic carbocycles. The second kappa shape index (κ2) is 3.14. The monoisotopic (exact) mass is 192 g/mol. The molecule has 0 atom stereocenters. The lowest BCUT2D eigenvalue weighted by molar-refractivity contribution is -0.0969. The van der Waals surface area contributed by atoms with Crippen LogP contribution in [0.5, 0.6) is 0 Å². The topological polar surface area (TPSA) is 0 Å². The van der Waals surface area contributed by atoms with Gasteiger partial charge in [-0.2, -0.15) is 0 Å². The summed E-state index contributed by atoms with van der Waals surface area (Å²) in [5.74, 6) is 0. The van der Waals surface area contributed by atoms with Crippen LogP contribution in [0.4, 0.5) is 26.3 Å². The van der Waals surface area contributed by atoms with Crippen molar-refractivity contribution in [3.05, 3.63) is 0 Å². The van der Waals surface area contributed by atoms with Crippen LogP contribution in [0.1, 0.15) is 0 Å². The van der Waals surface area contributed by atoms with Gasteiger partial charge in [0.2, 0.25) is 0 Å². The zero-order valence-electron chi connectivity index (χ0n) is 5.73. The Labute approximate surface area is 64.6 Å². The van der Waals surface area contributed by atoms with Crippen molar-refractivity contribution in [2.24, 2.45) is 0 Å². The number of rotatable bonds is 0. The Bertz CT molecular complexity index is 104. The average Bonchev–Trinajstić information content (AvgIpc) is 2.08. The summed E-state index contributed by atoms with van der Waals surface area (Å²) in [5, 5.41) is 0. The molecule has 0 aromatic rings. The van der Waals surface area contributed by atoms with E-state index in [1.165, 1.54) is 0 Å². The minimum absolute atomic E-state index is 2.91. The zero-order valence-corrected chi connectivity index (χ0v) is 5.73. The van der Waals surface area contributed by atoms with Crippen LogP contribution in [-0.2, 0) is 0 Å². The highest BCUT2D eigenvalue weighted by Crippen LogP contribution is 2.33. The maximum Gasteiger partial charge on any atom is 0.168 e. The molecule has 6 heteroatoms. The number of hydrogen-bond acceptors (Lipinski definition) is 0. The molecule has 0 amide bonds. The van der Waals surface area contributed by atoms with E-state index in [0.717, 1.165) is 0 Å². The van der Waals surface area contributed by atoms with E-state index in [1.54, 1.807) is 0 Å². The molecule has 0 heterocycles. The van der Waals surface area contributed by atoms with Gasteiger partial charge in [-0.15, -0.1) is 0 Å². The van der Waals surface area contributed by atoms with Crippen LogP contribution in [0.25, 0.3) is 0 Å². The SMILES string of the molecule is FC1[C@H](F)[C@H](F)C(F)[C@H](F)[C@@H]1F. The van der Waals surface area contributed by atoms with Crippen LogP contribution in [0.15, 0.2) is 0 Å². The van der Waals surface area contributed by atoms with Gasteiger partial charge in [0.1, 0.15) is 0 Å².